The van der Waals surface area contributed by atoms with Crippen LogP contribution in [-0.2, 0) is 9.59 Å². The van der Waals surface area contributed by atoms with Crippen molar-refractivity contribution in [2.75, 3.05) is 22.5 Å². The van der Waals surface area contributed by atoms with Crippen LogP contribution in [0.4, 0.5) is 17.1 Å². The van der Waals surface area contributed by atoms with E-state index in [0.29, 0.717) is 27.1 Å². The first-order valence-corrected chi connectivity index (χ1v) is 7.55. The van der Waals surface area contributed by atoms with Gasteiger partial charge in [-0.25, -0.2) is 0 Å². The predicted molar refractivity (Wildman–Crippen MR) is 94.3 cm³/mol. The zero-order chi connectivity index (χ0) is 16.8. The number of benzene rings is 2. The Hall–Kier alpha value is -2.24. The van der Waals surface area contributed by atoms with Gasteiger partial charge >= 0.3 is 0 Å². The van der Waals surface area contributed by atoms with E-state index in [4.69, 9.17) is 23.2 Å². The summed E-state index contributed by atoms with van der Waals surface area (Å²) in [4.78, 5) is 23.0. The Bertz CT molecular complexity index is 715. The molecule has 0 aromatic heterocycles. The molecule has 5 nitrogen and oxygen atoms in total. The molecule has 2 aromatic carbocycles. The van der Waals surface area contributed by atoms with Crippen LogP contribution in [0.1, 0.15) is 6.92 Å². The van der Waals surface area contributed by atoms with E-state index in [-0.39, 0.29) is 18.4 Å². The fraction of sp³-hybridized carbons (Fsp3) is 0.125. The Labute approximate surface area is 144 Å². The first-order valence-electron chi connectivity index (χ1n) is 6.80. The molecule has 0 atom stereocenters. The quantitative estimate of drug-likeness (QED) is 0.762. The third-order valence-electron chi connectivity index (χ3n) is 2.78. The average molecular weight is 352 g/mol. The van der Waals surface area contributed by atoms with Gasteiger partial charge in [-0.1, -0.05) is 29.3 Å². The van der Waals surface area contributed by atoms with Crippen LogP contribution in [0.3, 0.4) is 0 Å². The third kappa shape index (κ3) is 5.81. The van der Waals surface area contributed by atoms with Crippen LogP contribution in [-0.4, -0.2) is 18.4 Å². The molecule has 0 fully saturated rings. The third-order valence-corrected chi connectivity index (χ3v) is 3.22. The molecule has 0 aliphatic rings. The number of carbonyl (C=O) groups excluding carboxylic acids is 2. The first-order chi connectivity index (χ1) is 10.9. The molecule has 0 spiro atoms. The van der Waals surface area contributed by atoms with Crippen molar-refractivity contribution in [1.82, 2.24) is 0 Å². The van der Waals surface area contributed by atoms with Gasteiger partial charge in [0.15, 0.2) is 0 Å². The lowest BCUT2D eigenvalue weighted by Crippen LogP contribution is -2.21. The monoisotopic (exact) mass is 351 g/mol. The van der Waals surface area contributed by atoms with Crippen molar-refractivity contribution in [3.8, 4) is 0 Å². The molecule has 23 heavy (non-hydrogen) atoms. The molecule has 0 aliphatic carbocycles. The van der Waals surface area contributed by atoms with E-state index in [0.717, 1.165) is 0 Å². The van der Waals surface area contributed by atoms with Gasteiger partial charge < -0.3 is 16.0 Å². The first kappa shape index (κ1) is 17.1. The van der Waals surface area contributed by atoms with Crippen molar-refractivity contribution in [1.29, 1.82) is 0 Å². The standard InChI is InChI=1S/C16H15Cl2N3O2/c1-10(22)20-13-3-2-4-14(8-13)21-16(23)9-19-15-6-11(17)5-12(18)7-15/h2-8,19H,9H2,1H3,(H,20,22)(H,21,23). The fourth-order valence-corrected chi connectivity index (χ4v) is 2.45. The number of nitrogens with one attached hydrogen (secondary N) is 3. The maximum atomic E-state index is 12.0. The van der Waals surface area contributed by atoms with Gasteiger partial charge in [-0.05, 0) is 36.4 Å². The summed E-state index contributed by atoms with van der Waals surface area (Å²) in [6, 6.07) is 11.9. The zero-order valence-corrected chi connectivity index (χ0v) is 13.8. The van der Waals surface area contributed by atoms with Crippen molar-refractivity contribution in [3.05, 3.63) is 52.5 Å². The van der Waals surface area contributed by atoms with Gasteiger partial charge in [0.2, 0.25) is 11.8 Å². The summed E-state index contributed by atoms with van der Waals surface area (Å²) in [7, 11) is 0. The van der Waals surface area contributed by atoms with E-state index in [2.05, 4.69) is 16.0 Å². The Morgan fingerprint density at radius 2 is 1.52 bits per heavy atom. The SMILES string of the molecule is CC(=O)Nc1cccc(NC(=O)CNc2cc(Cl)cc(Cl)c2)c1. The maximum Gasteiger partial charge on any atom is 0.243 e. The molecule has 0 saturated heterocycles. The van der Waals surface area contributed by atoms with E-state index in [9.17, 15) is 9.59 Å². The molecule has 0 bridgehead atoms. The van der Waals surface area contributed by atoms with Crippen LogP contribution in [0.2, 0.25) is 10.0 Å². The molecule has 3 N–H and O–H groups in total. The van der Waals surface area contributed by atoms with Gasteiger partial charge in [0.1, 0.15) is 0 Å². The van der Waals surface area contributed by atoms with Gasteiger partial charge in [-0.2, -0.15) is 0 Å². The van der Waals surface area contributed by atoms with E-state index in [1.54, 1.807) is 42.5 Å². The minimum atomic E-state index is -0.235. The predicted octanol–water partition coefficient (Wildman–Crippen LogP) is 4.00. The summed E-state index contributed by atoms with van der Waals surface area (Å²) < 4.78 is 0. The number of hydrogen-bond acceptors (Lipinski definition) is 3. The number of hydrogen-bond donors (Lipinski definition) is 3. The van der Waals surface area contributed by atoms with Crippen LogP contribution in [0.25, 0.3) is 0 Å². The van der Waals surface area contributed by atoms with Crippen LogP contribution >= 0.6 is 23.2 Å². The summed E-state index contributed by atoms with van der Waals surface area (Å²) >= 11 is 11.8. The summed E-state index contributed by atoms with van der Waals surface area (Å²) in [5.74, 6) is -0.408. The second-order valence-electron chi connectivity index (χ2n) is 4.82. The van der Waals surface area contributed by atoms with Gasteiger partial charge in [0.05, 0.1) is 6.54 Å². The largest absolute Gasteiger partial charge is 0.376 e. The normalized spacial score (nSPS) is 10.0. The Morgan fingerprint density at radius 1 is 0.913 bits per heavy atom. The molecule has 0 heterocycles. The smallest absolute Gasteiger partial charge is 0.243 e. The minimum absolute atomic E-state index is 0.0566. The zero-order valence-electron chi connectivity index (χ0n) is 12.3. The molecule has 0 aliphatic heterocycles. The number of amides is 2. The van der Waals surface area contributed by atoms with Crippen molar-refractivity contribution in [3.63, 3.8) is 0 Å². The molecule has 0 radical (unpaired) electrons. The van der Waals surface area contributed by atoms with Crippen LogP contribution in [0, 0.1) is 0 Å². The molecule has 2 aromatic rings. The fourth-order valence-electron chi connectivity index (χ4n) is 1.92. The Balaban J connectivity index is 1.93. The number of carbonyl (C=O) groups is 2. The molecule has 0 unspecified atom stereocenters. The summed E-state index contributed by atoms with van der Waals surface area (Å²) in [6.07, 6.45) is 0. The van der Waals surface area contributed by atoms with Crippen LogP contribution < -0.4 is 16.0 Å². The molecule has 120 valence electrons. The lowest BCUT2D eigenvalue weighted by atomic mass is 10.2. The van der Waals surface area contributed by atoms with Gasteiger partial charge in [-0.15, -0.1) is 0 Å². The number of halogens is 2. The van der Waals surface area contributed by atoms with Gasteiger partial charge in [0, 0.05) is 34.0 Å². The van der Waals surface area contributed by atoms with Crippen molar-refractivity contribution < 1.29 is 9.59 Å². The maximum absolute atomic E-state index is 12.0. The molecule has 7 heteroatoms. The minimum Gasteiger partial charge on any atom is -0.376 e. The van der Waals surface area contributed by atoms with Gasteiger partial charge in [0.25, 0.3) is 0 Å². The average Bonchev–Trinajstić information content (AvgIpc) is 2.44. The lowest BCUT2D eigenvalue weighted by molar-refractivity contribution is -0.115. The molecule has 0 saturated carbocycles. The molecular formula is C16H15Cl2N3O2. The second-order valence-corrected chi connectivity index (χ2v) is 5.69. The Kier molecular flexibility index (Phi) is 5.84. The van der Waals surface area contributed by atoms with Crippen molar-refractivity contribution >= 4 is 52.1 Å². The highest BCUT2D eigenvalue weighted by Crippen LogP contribution is 2.22. The lowest BCUT2D eigenvalue weighted by Gasteiger charge is -2.10. The van der Waals surface area contributed by atoms with Gasteiger partial charge in [-0.3, -0.25) is 9.59 Å². The van der Waals surface area contributed by atoms with Crippen molar-refractivity contribution in [2.24, 2.45) is 0 Å². The number of anilines is 3. The Morgan fingerprint density at radius 3 is 2.13 bits per heavy atom. The van der Waals surface area contributed by atoms with E-state index in [1.165, 1.54) is 6.92 Å². The van der Waals surface area contributed by atoms with E-state index >= 15 is 0 Å². The highest BCUT2D eigenvalue weighted by atomic mass is 35.5. The molecular weight excluding hydrogens is 337 g/mol. The van der Waals surface area contributed by atoms with Crippen molar-refractivity contribution in [2.45, 2.75) is 6.92 Å². The summed E-state index contributed by atoms with van der Waals surface area (Å²) in [6.45, 7) is 1.48. The molecule has 2 rings (SSSR count). The summed E-state index contributed by atoms with van der Waals surface area (Å²) in [5.41, 5.74) is 1.86. The van der Waals surface area contributed by atoms with E-state index in [1.807, 2.05) is 0 Å². The summed E-state index contributed by atoms with van der Waals surface area (Å²) in [5, 5.41) is 9.31. The number of rotatable bonds is 5. The highest BCUT2D eigenvalue weighted by Gasteiger charge is 2.05. The highest BCUT2D eigenvalue weighted by molar-refractivity contribution is 6.35. The van der Waals surface area contributed by atoms with E-state index < -0.39 is 0 Å². The second kappa shape index (κ2) is 7.85. The van der Waals surface area contributed by atoms with Crippen LogP contribution in [0.5, 0.6) is 0 Å². The molecule has 2 amide bonds. The van der Waals surface area contributed by atoms with Crippen LogP contribution in [0.15, 0.2) is 42.5 Å². The topological polar surface area (TPSA) is 70.2 Å².